The molecule has 0 aromatic carbocycles. The first-order valence-corrected chi connectivity index (χ1v) is 6.57. The van der Waals surface area contributed by atoms with Crippen LogP contribution < -0.4 is 5.73 Å². The Hall–Kier alpha value is -1.24. The number of nitrogens with one attached hydrogen (secondary N) is 1. The second-order valence-electron chi connectivity index (χ2n) is 5.22. The summed E-state index contributed by atoms with van der Waals surface area (Å²) in [5, 5.41) is 25.8. The minimum absolute atomic E-state index is 0.186. The third-order valence-corrected chi connectivity index (χ3v) is 3.20. The van der Waals surface area contributed by atoms with E-state index in [-0.39, 0.29) is 5.71 Å². The van der Waals surface area contributed by atoms with Gasteiger partial charge in [-0.25, -0.2) is 4.39 Å². The summed E-state index contributed by atoms with van der Waals surface area (Å²) in [7, 11) is 6.76. The van der Waals surface area contributed by atoms with Gasteiger partial charge in [0.1, 0.15) is 13.7 Å². The van der Waals surface area contributed by atoms with Crippen LogP contribution in [-0.2, 0) is 0 Å². The van der Waals surface area contributed by atoms with E-state index >= 15 is 0 Å². The first-order valence-electron chi connectivity index (χ1n) is 6.57. The number of hydrogen-bond donors (Lipinski definition) is 4. The summed E-state index contributed by atoms with van der Waals surface area (Å²) < 4.78 is 12.5. The molecule has 118 valence electrons. The summed E-state index contributed by atoms with van der Waals surface area (Å²) in [6.07, 6.45) is 3.14. The molecular formula is C15H26BFN2O2. The average molecular weight is 296 g/mol. The zero-order valence-corrected chi connectivity index (χ0v) is 13.5. The van der Waals surface area contributed by atoms with Gasteiger partial charge in [0.2, 0.25) is 0 Å². The van der Waals surface area contributed by atoms with Crippen LogP contribution in [0.5, 0.6) is 0 Å². The van der Waals surface area contributed by atoms with E-state index in [1.165, 1.54) is 13.1 Å². The van der Waals surface area contributed by atoms with E-state index in [9.17, 15) is 14.6 Å². The van der Waals surface area contributed by atoms with Crippen LogP contribution in [0.3, 0.4) is 0 Å². The van der Waals surface area contributed by atoms with E-state index < -0.39 is 17.0 Å². The molecule has 2 radical (unpaired) electrons. The van der Waals surface area contributed by atoms with Crippen molar-refractivity contribution >= 4 is 13.6 Å². The molecule has 1 atom stereocenters. The molecule has 0 saturated carbocycles. The van der Waals surface area contributed by atoms with Gasteiger partial charge in [-0.3, -0.25) is 5.41 Å². The highest BCUT2D eigenvalue weighted by Gasteiger charge is 2.35. The van der Waals surface area contributed by atoms with Gasteiger partial charge in [-0.2, -0.15) is 0 Å². The second-order valence-corrected chi connectivity index (χ2v) is 5.22. The van der Waals surface area contributed by atoms with Crippen LogP contribution in [0.1, 0.15) is 34.1 Å². The van der Waals surface area contributed by atoms with Crippen LogP contribution in [0, 0.1) is 5.41 Å². The first kappa shape index (κ1) is 22.1. The molecule has 1 unspecified atom stereocenters. The highest BCUT2D eigenvalue weighted by atomic mass is 19.1. The van der Waals surface area contributed by atoms with Crippen molar-refractivity contribution in [2.45, 2.75) is 45.3 Å². The molecule has 1 aliphatic carbocycles. The molecule has 0 amide bonds. The topological polar surface area (TPSA) is 90.3 Å². The number of allylic oxidation sites excluding steroid dienone is 5. The number of aliphatic hydroxyl groups is 2. The van der Waals surface area contributed by atoms with Crippen molar-refractivity contribution in [3.8, 4) is 0 Å². The zero-order chi connectivity index (χ0) is 17.4. The highest BCUT2D eigenvalue weighted by molar-refractivity contribution is 6.27. The van der Waals surface area contributed by atoms with Crippen LogP contribution in [0.2, 0.25) is 0 Å². The van der Waals surface area contributed by atoms with E-state index in [0.29, 0.717) is 17.5 Å². The monoisotopic (exact) mass is 296 g/mol. The Morgan fingerprint density at radius 2 is 1.71 bits per heavy atom. The van der Waals surface area contributed by atoms with Crippen LogP contribution in [0.4, 0.5) is 4.39 Å². The largest absolute Gasteiger partial charge is 0.387 e. The SMILES string of the molecule is CCC(C)(O)C(C)(C)O.CN.[B]C1=CC(=C)C(=N)C(F)=C1. The van der Waals surface area contributed by atoms with Gasteiger partial charge in [-0.05, 0) is 45.9 Å². The van der Waals surface area contributed by atoms with E-state index in [1.807, 2.05) is 6.92 Å². The van der Waals surface area contributed by atoms with E-state index in [2.05, 4.69) is 12.3 Å². The normalized spacial score (nSPS) is 17.4. The Balaban J connectivity index is 0. The fourth-order valence-electron chi connectivity index (χ4n) is 1.12. The van der Waals surface area contributed by atoms with Crippen molar-refractivity contribution in [2.75, 3.05) is 7.05 Å². The fraction of sp³-hybridized carbons (Fsp3) is 0.533. The minimum Gasteiger partial charge on any atom is -0.387 e. The Kier molecular flexibility index (Phi) is 9.37. The van der Waals surface area contributed by atoms with Crippen molar-refractivity contribution in [1.29, 1.82) is 5.41 Å². The maximum Gasteiger partial charge on any atom is 0.148 e. The lowest BCUT2D eigenvalue weighted by molar-refractivity contribution is -0.121. The number of hydrogen-bond acceptors (Lipinski definition) is 4. The molecule has 0 aliphatic heterocycles. The molecule has 0 fully saturated rings. The van der Waals surface area contributed by atoms with Gasteiger partial charge in [0.25, 0.3) is 0 Å². The Morgan fingerprint density at radius 3 is 1.95 bits per heavy atom. The Labute approximate surface area is 128 Å². The number of nitrogens with two attached hydrogens (primary N) is 1. The van der Waals surface area contributed by atoms with Gasteiger partial charge < -0.3 is 15.9 Å². The van der Waals surface area contributed by atoms with E-state index in [1.54, 1.807) is 20.8 Å². The summed E-state index contributed by atoms with van der Waals surface area (Å²) in [6.45, 7) is 10.1. The maximum atomic E-state index is 12.5. The summed E-state index contributed by atoms with van der Waals surface area (Å²) in [5.74, 6) is -0.620. The van der Waals surface area contributed by atoms with Crippen molar-refractivity contribution in [1.82, 2.24) is 0 Å². The smallest absolute Gasteiger partial charge is 0.148 e. The lowest BCUT2D eigenvalue weighted by Crippen LogP contribution is -2.46. The molecule has 6 heteroatoms. The predicted octanol–water partition coefficient (Wildman–Crippen LogP) is 1.97. The maximum absolute atomic E-state index is 12.5. The molecule has 21 heavy (non-hydrogen) atoms. The predicted molar refractivity (Wildman–Crippen MR) is 87.2 cm³/mol. The van der Waals surface area contributed by atoms with Gasteiger partial charge in [-0.15, -0.1) is 0 Å². The summed E-state index contributed by atoms with van der Waals surface area (Å²) in [6, 6.07) is 0. The third-order valence-electron chi connectivity index (χ3n) is 3.20. The van der Waals surface area contributed by atoms with Crippen LogP contribution in [-0.4, -0.2) is 42.0 Å². The molecule has 0 aromatic heterocycles. The zero-order valence-electron chi connectivity index (χ0n) is 13.5. The Morgan fingerprint density at radius 1 is 1.29 bits per heavy atom. The lowest BCUT2D eigenvalue weighted by Gasteiger charge is -2.34. The van der Waals surface area contributed by atoms with E-state index in [4.69, 9.17) is 13.3 Å². The molecule has 4 nitrogen and oxygen atoms in total. The van der Waals surface area contributed by atoms with Crippen molar-refractivity contribution in [3.05, 3.63) is 35.6 Å². The molecule has 0 saturated heterocycles. The lowest BCUT2D eigenvalue weighted by atomic mass is 9.86. The molecule has 0 bridgehead atoms. The molecular weight excluding hydrogens is 270 g/mol. The molecule has 5 N–H and O–H groups in total. The molecule has 0 spiro atoms. The van der Waals surface area contributed by atoms with Gasteiger partial charge in [-0.1, -0.05) is 25.1 Å². The quantitative estimate of drug-likeness (QED) is 0.587. The third kappa shape index (κ3) is 7.36. The summed E-state index contributed by atoms with van der Waals surface area (Å²) >= 11 is 0. The fourth-order valence-corrected chi connectivity index (χ4v) is 1.12. The summed E-state index contributed by atoms with van der Waals surface area (Å²) in [5.41, 5.74) is 2.97. The van der Waals surface area contributed by atoms with Gasteiger partial charge >= 0.3 is 0 Å². The van der Waals surface area contributed by atoms with Gasteiger partial charge in [0.15, 0.2) is 0 Å². The van der Waals surface area contributed by atoms with Crippen LogP contribution >= 0.6 is 0 Å². The number of rotatable bonds is 2. The molecule has 1 rings (SSSR count). The van der Waals surface area contributed by atoms with Crippen LogP contribution in [0.15, 0.2) is 35.6 Å². The minimum atomic E-state index is -0.998. The molecule has 0 heterocycles. The average Bonchev–Trinajstić information content (AvgIpc) is 2.37. The van der Waals surface area contributed by atoms with Crippen molar-refractivity contribution in [2.24, 2.45) is 5.73 Å². The van der Waals surface area contributed by atoms with Gasteiger partial charge in [0, 0.05) is 0 Å². The molecule has 0 aromatic rings. The highest BCUT2D eigenvalue weighted by Crippen LogP contribution is 2.23. The summed E-state index contributed by atoms with van der Waals surface area (Å²) in [4.78, 5) is 0. The molecule has 1 aliphatic rings. The van der Waals surface area contributed by atoms with Crippen LogP contribution in [0.25, 0.3) is 0 Å². The van der Waals surface area contributed by atoms with Crippen molar-refractivity contribution < 1.29 is 14.6 Å². The van der Waals surface area contributed by atoms with Gasteiger partial charge in [0.05, 0.1) is 16.9 Å². The second kappa shape index (κ2) is 8.92. The van der Waals surface area contributed by atoms with E-state index in [0.717, 1.165) is 6.08 Å². The van der Waals surface area contributed by atoms with Crippen molar-refractivity contribution in [3.63, 3.8) is 0 Å². The number of halogens is 1. The first-order chi connectivity index (χ1) is 9.42. The Bertz CT molecular complexity index is 433. The standard InChI is InChI=1S/C7H5BFN.C7H16O2.CH5N/c1-4-2-5(8)3-6(9)7(4)10;1-5-7(4,9)6(2,3)8;1-2/h2-3,10H,1H2;8-9H,5H2,1-4H3;2H2,1H3.